The number of rotatable bonds is 13. The minimum Gasteiger partial charge on any atom is -0.389 e. The van der Waals surface area contributed by atoms with E-state index in [0.29, 0.717) is 18.3 Å². The highest BCUT2D eigenvalue weighted by molar-refractivity contribution is 5.09. The van der Waals surface area contributed by atoms with Gasteiger partial charge in [0.15, 0.2) is 0 Å². The van der Waals surface area contributed by atoms with Gasteiger partial charge in [-0.3, -0.25) is 0 Å². The second kappa shape index (κ2) is 15.2. The van der Waals surface area contributed by atoms with Crippen LogP contribution < -0.4 is 0 Å². The summed E-state index contributed by atoms with van der Waals surface area (Å²) in [6.45, 7) is 12.8. The predicted octanol–water partition coefficient (Wildman–Crippen LogP) is 6.78. The van der Waals surface area contributed by atoms with Crippen molar-refractivity contribution in [3.05, 3.63) is 60.8 Å². The van der Waals surface area contributed by atoms with Gasteiger partial charge in [0.05, 0.1) is 6.10 Å². The van der Waals surface area contributed by atoms with Gasteiger partial charge in [0, 0.05) is 0 Å². The van der Waals surface area contributed by atoms with Crippen molar-refractivity contribution in [2.75, 3.05) is 0 Å². The van der Waals surface area contributed by atoms with E-state index < -0.39 is 6.10 Å². The Balaban J connectivity index is 4.00. The fourth-order valence-electron chi connectivity index (χ4n) is 2.33. The minimum absolute atomic E-state index is 0.409. The summed E-state index contributed by atoms with van der Waals surface area (Å²) in [6.07, 6.45) is 22.5. The van der Waals surface area contributed by atoms with Crippen molar-refractivity contribution in [1.82, 2.24) is 0 Å². The van der Waals surface area contributed by atoms with Gasteiger partial charge in [-0.25, -0.2) is 0 Å². The van der Waals surface area contributed by atoms with Crippen LogP contribution in [0.2, 0.25) is 0 Å². The lowest BCUT2D eigenvalue weighted by atomic mass is 9.90. The standard InChI is InChI=1S/C23H38O/c1-6-7-8-9-10-11-18-23(24)19-13-12-16-21(4)22(5)17-14-15-20(2)3/h8-13,16,19,21-24H,2,6-7,14-15,17-18H2,1,3-5H3/b9-8+,11-10-,16-12+,19-13+. The highest BCUT2D eigenvalue weighted by atomic mass is 16.3. The molecular formula is C23H38O. The third-order valence-electron chi connectivity index (χ3n) is 4.24. The molecule has 0 aliphatic rings. The molecule has 3 unspecified atom stereocenters. The molecule has 0 rings (SSSR count). The Morgan fingerprint density at radius 3 is 2.38 bits per heavy atom. The van der Waals surface area contributed by atoms with Crippen molar-refractivity contribution in [2.45, 2.75) is 72.3 Å². The van der Waals surface area contributed by atoms with Crippen LogP contribution in [-0.2, 0) is 0 Å². The van der Waals surface area contributed by atoms with E-state index >= 15 is 0 Å². The lowest BCUT2D eigenvalue weighted by Crippen LogP contribution is -2.05. The zero-order valence-corrected chi connectivity index (χ0v) is 16.2. The lowest BCUT2D eigenvalue weighted by Gasteiger charge is -2.16. The third kappa shape index (κ3) is 14.3. The molecule has 0 heterocycles. The molecule has 0 aromatic heterocycles. The summed E-state index contributed by atoms with van der Waals surface area (Å²) in [5, 5.41) is 9.89. The van der Waals surface area contributed by atoms with E-state index in [2.05, 4.69) is 58.6 Å². The lowest BCUT2D eigenvalue weighted by molar-refractivity contribution is 0.227. The summed E-state index contributed by atoms with van der Waals surface area (Å²) in [6, 6.07) is 0. The van der Waals surface area contributed by atoms with Crippen LogP contribution >= 0.6 is 0 Å². The molecule has 0 saturated heterocycles. The van der Waals surface area contributed by atoms with Gasteiger partial charge in [0.2, 0.25) is 0 Å². The topological polar surface area (TPSA) is 20.2 Å². The quantitative estimate of drug-likeness (QED) is 0.291. The number of allylic oxidation sites excluding steroid dienone is 7. The smallest absolute Gasteiger partial charge is 0.0758 e. The number of hydrogen-bond acceptors (Lipinski definition) is 1. The van der Waals surface area contributed by atoms with E-state index in [-0.39, 0.29) is 0 Å². The molecule has 1 nitrogen and oxygen atoms in total. The molecule has 0 radical (unpaired) electrons. The highest BCUT2D eigenvalue weighted by Crippen LogP contribution is 2.20. The average molecular weight is 331 g/mol. The normalized spacial score (nSPS) is 16.5. The van der Waals surface area contributed by atoms with Gasteiger partial charge >= 0.3 is 0 Å². The monoisotopic (exact) mass is 330 g/mol. The van der Waals surface area contributed by atoms with Crippen molar-refractivity contribution in [3.63, 3.8) is 0 Å². The first-order valence-corrected chi connectivity index (χ1v) is 9.46. The fourth-order valence-corrected chi connectivity index (χ4v) is 2.33. The Labute approximate surface area is 150 Å². The van der Waals surface area contributed by atoms with Crippen molar-refractivity contribution >= 4 is 0 Å². The van der Waals surface area contributed by atoms with Gasteiger partial charge in [0.25, 0.3) is 0 Å². The van der Waals surface area contributed by atoms with Crippen molar-refractivity contribution in [3.8, 4) is 0 Å². The second-order valence-corrected chi connectivity index (χ2v) is 6.90. The van der Waals surface area contributed by atoms with Crippen molar-refractivity contribution in [2.24, 2.45) is 11.8 Å². The third-order valence-corrected chi connectivity index (χ3v) is 4.24. The maximum absolute atomic E-state index is 9.89. The molecule has 24 heavy (non-hydrogen) atoms. The maximum Gasteiger partial charge on any atom is 0.0758 e. The van der Waals surface area contributed by atoms with E-state index in [1.54, 1.807) is 0 Å². The van der Waals surface area contributed by atoms with Gasteiger partial charge in [-0.15, -0.1) is 6.58 Å². The summed E-state index contributed by atoms with van der Waals surface area (Å²) in [5.74, 6) is 1.23. The molecule has 0 bridgehead atoms. The molecule has 0 spiro atoms. The van der Waals surface area contributed by atoms with Gasteiger partial charge in [-0.1, -0.05) is 81.4 Å². The molecule has 0 amide bonds. The van der Waals surface area contributed by atoms with E-state index in [9.17, 15) is 5.11 Å². The summed E-state index contributed by atoms with van der Waals surface area (Å²) < 4.78 is 0. The van der Waals surface area contributed by atoms with Gasteiger partial charge in [-0.2, -0.15) is 0 Å². The van der Waals surface area contributed by atoms with Crippen LogP contribution in [0.25, 0.3) is 0 Å². The zero-order chi connectivity index (χ0) is 18.2. The second-order valence-electron chi connectivity index (χ2n) is 6.90. The predicted molar refractivity (Wildman–Crippen MR) is 109 cm³/mol. The fraction of sp³-hybridized carbons (Fsp3) is 0.565. The summed E-state index contributed by atoms with van der Waals surface area (Å²) >= 11 is 0. The first-order valence-electron chi connectivity index (χ1n) is 9.46. The van der Waals surface area contributed by atoms with Gasteiger partial charge < -0.3 is 5.11 Å². The number of unbranched alkanes of at least 4 members (excludes halogenated alkanes) is 1. The number of hydrogen-bond donors (Lipinski definition) is 1. The molecule has 136 valence electrons. The first-order chi connectivity index (χ1) is 11.5. The average Bonchev–Trinajstić information content (AvgIpc) is 2.54. The SMILES string of the molecule is C=C(C)CCCC(C)C(C)/C=C/C=C/C(O)C/C=C\C=C\CCC. The van der Waals surface area contributed by atoms with E-state index in [0.717, 1.165) is 12.8 Å². The van der Waals surface area contributed by atoms with Crippen LogP contribution in [0.3, 0.4) is 0 Å². The van der Waals surface area contributed by atoms with Crippen LogP contribution in [0.15, 0.2) is 60.8 Å². The molecule has 3 atom stereocenters. The number of aliphatic hydroxyl groups is 1. The van der Waals surface area contributed by atoms with Crippen LogP contribution in [0.4, 0.5) is 0 Å². The molecule has 0 aromatic rings. The first kappa shape index (κ1) is 22.7. The summed E-state index contributed by atoms with van der Waals surface area (Å²) in [4.78, 5) is 0. The highest BCUT2D eigenvalue weighted by Gasteiger charge is 2.08. The minimum atomic E-state index is -0.409. The van der Waals surface area contributed by atoms with Crippen LogP contribution in [-0.4, -0.2) is 11.2 Å². The molecule has 1 heteroatoms. The van der Waals surface area contributed by atoms with E-state index in [1.165, 1.54) is 24.8 Å². The zero-order valence-electron chi connectivity index (χ0n) is 16.2. The summed E-state index contributed by atoms with van der Waals surface area (Å²) in [5.41, 5.74) is 1.28. The van der Waals surface area contributed by atoms with Crippen LogP contribution in [0.1, 0.15) is 66.2 Å². The Bertz CT molecular complexity index is 425. The van der Waals surface area contributed by atoms with Crippen molar-refractivity contribution in [1.29, 1.82) is 0 Å². The Morgan fingerprint density at radius 2 is 1.71 bits per heavy atom. The maximum atomic E-state index is 9.89. The molecule has 0 aliphatic heterocycles. The van der Waals surface area contributed by atoms with E-state index in [1.807, 2.05) is 24.3 Å². The molecule has 1 N–H and O–H groups in total. The molecule has 0 aliphatic carbocycles. The molecular weight excluding hydrogens is 292 g/mol. The Morgan fingerprint density at radius 1 is 1.04 bits per heavy atom. The molecule has 0 aromatic carbocycles. The van der Waals surface area contributed by atoms with Crippen molar-refractivity contribution < 1.29 is 5.11 Å². The number of aliphatic hydroxyl groups excluding tert-OH is 1. The summed E-state index contributed by atoms with van der Waals surface area (Å²) in [7, 11) is 0. The largest absolute Gasteiger partial charge is 0.389 e. The van der Waals surface area contributed by atoms with Gasteiger partial charge in [0.1, 0.15) is 0 Å². The van der Waals surface area contributed by atoms with E-state index in [4.69, 9.17) is 0 Å². The Hall–Kier alpha value is -1.34. The van der Waals surface area contributed by atoms with Crippen LogP contribution in [0.5, 0.6) is 0 Å². The molecule has 0 fully saturated rings. The van der Waals surface area contributed by atoms with Gasteiger partial charge in [-0.05, 0) is 50.9 Å². The van der Waals surface area contributed by atoms with Crippen LogP contribution in [0, 0.1) is 11.8 Å². The molecule has 0 saturated carbocycles. The Kier molecular flexibility index (Phi) is 14.4.